The lowest BCUT2D eigenvalue weighted by Gasteiger charge is -2.26. The average Bonchev–Trinajstić information content (AvgIpc) is 2.51. The van der Waals surface area contributed by atoms with Crippen LogP contribution in [0.25, 0.3) is 0 Å². The number of aryl methyl sites for hydroxylation is 1. The summed E-state index contributed by atoms with van der Waals surface area (Å²) in [7, 11) is 0. The lowest BCUT2D eigenvalue weighted by molar-refractivity contribution is -0.121. The highest BCUT2D eigenvalue weighted by Gasteiger charge is 2.22. The van der Waals surface area contributed by atoms with Gasteiger partial charge in [0.1, 0.15) is 5.82 Å². The first-order chi connectivity index (χ1) is 10.6. The van der Waals surface area contributed by atoms with Gasteiger partial charge < -0.3 is 5.32 Å². The molecule has 1 atom stereocenters. The van der Waals surface area contributed by atoms with Crippen molar-refractivity contribution in [3.05, 3.63) is 70.0 Å². The highest BCUT2D eigenvalue weighted by molar-refractivity contribution is 6.31. The van der Waals surface area contributed by atoms with Gasteiger partial charge in [0, 0.05) is 10.6 Å². The smallest absolute Gasteiger partial charge is 0.225 e. The van der Waals surface area contributed by atoms with Crippen molar-refractivity contribution < 1.29 is 9.18 Å². The van der Waals surface area contributed by atoms with Gasteiger partial charge in [0.05, 0.1) is 12.5 Å². The fourth-order valence-corrected chi connectivity index (χ4v) is 3.24. The zero-order chi connectivity index (χ0) is 15.5. The minimum atomic E-state index is -0.438. The van der Waals surface area contributed by atoms with Gasteiger partial charge >= 0.3 is 0 Å². The molecule has 0 heterocycles. The van der Waals surface area contributed by atoms with E-state index in [1.165, 1.54) is 23.3 Å². The molecule has 0 radical (unpaired) electrons. The third-order valence-corrected chi connectivity index (χ3v) is 4.46. The molecule has 1 aliphatic rings. The summed E-state index contributed by atoms with van der Waals surface area (Å²) in [5.41, 5.74) is 2.70. The molecule has 0 spiro atoms. The van der Waals surface area contributed by atoms with Gasteiger partial charge in [-0.3, -0.25) is 4.79 Å². The number of carbonyl (C=O) groups excluding carboxylic acids is 1. The van der Waals surface area contributed by atoms with Crippen LogP contribution in [-0.4, -0.2) is 5.91 Å². The Kier molecular flexibility index (Phi) is 4.44. The molecule has 1 N–H and O–H groups in total. The van der Waals surface area contributed by atoms with E-state index in [-0.39, 0.29) is 23.9 Å². The summed E-state index contributed by atoms with van der Waals surface area (Å²) >= 11 is 5.98. The van der Waals surface area contributed by atoms with Gasteiger partial charge in [-0.05, 0) is 42.5 Å². The topological polar surface area (TPSA) is 29.1 Å². The van der Waals surface area contributed by atoms with Crippen LogP contribution in [0, 0.1) is 5.82 Å². The summed E-state index contributed by atoms with van der Waals surface area (Å²) in [5, 5.41) is 3.30. The van der Waals surface area contributed by atoms with Crippen molar-refractivity contribution in [3.63, 3.8) is 0 Å². The van der Waals surface area contributed by atoms with Crippen molar-refractivity contribution in [2.24, 2.45) is 0 Å². The largest absolute Gasteiger partial charge is 0.349 e. The molecule has 2 aromatic carbocycles. The molecule has 0 saturated heterocycles. The standard InChI is InChI=1S/C18H17ClFNO/c19-15-8-4-9-16(20)14(15)11-18(22)21-17-10-3-6-12-5-1-2-7-13(12)17/h1-2,4-5,7-9,17H,3,6,10-11H2,(H,21,22). The summed E-state index contributed by atoms with van der Waals surface area (Å²) in [6, 6.07) is 12.6. The number of nitrogens with one attached hydrogen (secondary N) is 1. The molecule has 0 aromatic heterocycles. The molecular weight excluding hydrogens is 301 g/mol. The van der Waals surface area contributed by atoms with E-state index in [2.05, 4.69) is 17.4 Å². The van der Waals surface area contributed by atoms with E-state index in [0.29, 0.717) is 5.02 Å². The van der Waals surface area contributed by atoms with Crippen molar-refractivity contribution in [2.75, 3.05) is 0 Å². The Morgan fingerprint density at radius 3 is 2.86 bits per heavy atom. The number of benzene rings is 2. The van der Waals surface area contributed by atoms with Gasteiger partial charge in [-0.15, -0.1) is 0 Å². The molecule has 1 unspecified atom stereocenters. The molecule has 0 aliphatic heterocycles. The molecule has 22 heavy (non-hydrogen) atoms. The maximum atomic E-state index is 13.8. The maximum absolute atomic E-state index is 13.8. The number of rotatable bonds is 3. The predicted molar refractivity (Wildman–Crippen MR) is 85.4 cm³/mol. The van der Waals surface area contributed by atoms with Crippen LogP contribution in [0.1, 0.15) is 35.6 Å². The molecule has 2 aromatic rings. The Morgan fingerprint density at radius 1 is 1.23 bits per heavy atom. The number of carbonyl (C=O) groups is 1. The van der Waals surface area contributed by atoms with Crippen molar-refractivity contribution in [2.45, 2.75) is 31.7 Å². The molecule has 0 bridgehead atoms. The minimum Gasteiger partial charge on any atom is -0.349 e. The van der Waals surface area contributed by atoms with E-state index < -0.39 is 5.82 Å². The lowest BCUT2D eigenvalue weighted by Crippen LogP contribution is -2.32. The molecule has 3 rings (SSSR count). The quantitative estimate of drug-likeness (QED) is 0.902. The van der Waals surface area contributed by atoms with Gasteiger partial charge in [0.25, 0.3) is 0 Å². The van der Waals surface area contributed by atoms with Crippen molar-refractivity contribution in [1.29, 1.82) is 0 Å². The van der Waals surface area contributed by atoms with Crippen molar-refractivity contribution in [1.82, 2.24) is 5.32 Å². The number of halogens is 2. The van der Waals surface area contributed by atoms with E-state index in [9.17, 15) is 9.18 Å². The van der Waals surface area contributed by atoms with Crippen LogP contribution in [-0.2, 0) is 17.6 Å². The van der Waals surface area contributed by atoms with Crippen LogP contribution in [0.15, 0.2) is 42.5 Å². The first kappa shape index (κ1) is 15.0. The summed E-state index contributed by atoms with van der Waals surface area (Å²) in [6.45, 7) is 0. The van der Waals surface area contributed by atoms with Crippen molar-refractivity contribution >= 4 is 17.5 Å². The minimum absolute atomic E-state index is 0.00278. The second kappa shape index (κ2) is 6.49. The van der Waals surface area contributed by atoms with Crippen LogP contribution in [0.5, 0.6) is 0 Å². The summed E-state index contributed by atoms with van der Waals surface area (Å²) in [4.78, 5) is 12.3. The monoisotopic (exact) mass is 317 g/mol. The second-order valence-electron chi connectivity index (χ2n) is 5.59. The Balaban J connectivity index is 1.73. The number of hydrogen-bond donors (Lipinski definition) is 1. The van der Waals surface area contributed by atoms with E-state index in [0.717, 1.165) is 19.3 Å². The van der Waals surface area contributed by atoms with Crippen LogP contribution in [0.2, 0.25) is 5.02 Å². The van der Waals surface area contributed by atoms with Crippen LogP contribution in [0.3, 0.4) is 0 Å². The van der Waals surface area contributed by atoms with Crippen LogP contribution < -0.4 is 5.32 Å². The van der Waals surface area contributed by atoms with Gasteiger partial charge in [-0.1, -0.05) is 41.9 Å². The normalized spacial score (nSPS) is 16.9. The first-order valence-corrected chi connectivity index (χ1v) is 7.83. The van der Waals surface area contributed by atoms with E-state index in [4.69, 9.17) is 11.6 Å². The molecular formula is C18H17ClFNO. The third-order valence-electron chi connectivity index (χ3n) is 4.10. The number of hydrogen-bond acceptors (Lipinski definition) is 1. The highest BCUT2D eigenvalue weighted by Crippen LogP contribution is 2.29. The second-order valence-corrected chi connectivity index (χ2v) is 6.00. The lowest BCUT2D eigenvalue weighted by atomic mass is 9.87. The molecule has 0 fully saturated rings. The SMILES string of the molecule is O=C(Cc1c(F)cccc1Cl)NC1CCCc2ccccc21. The molecule has 114 valence electrons. The van der Waals surface area contributed by atoms with Gasteiger partial charge in [0.15, 0.2) is 0 Å². The van der Waals surface area contributed by atoms with Crippen molar-refractivity contribution in [3.8, 4) is 0 Å². The van der Waals surface area contributed by atoms with E-state index in [1.54, 1.807) is 6.07 Å². The molecule has 1 aliphatic carbocycles. The maximum Gasteiger partial charge on any atom is 0.225 e. The summed E-state index contributed by atoms with van der Waals surface area (Å²) in [6.07, 6.45) is 2.96. The molecule has 2 nitrogen and oxygen atoms in total. The predicted octanol–water partition coefficient (Wildman–Crippen LogP) is 4.22. The first-order valence-electron chi connectivity index (χ1n) is 7.45. The molecule has 1 amide bonds. The zero-order valence-corrected chi connectivity index (χ0v) is 12.9. The highest BCUT2D eigenvalue weighted by atomic mass is 35.5. The average molecular weight is 318 g/mol. The zero-order valence-electron chi connectivity index (χ0n) is 12.1. The Morgan fingerprint density at radius 2 is 2.05 bits per heavy atom. The Bertz CT molecular complexity index is 681. The van der Waals surface area contributed by atoms with Gasteiger partial charge in [0.2, 0.25) is 5.91 Å². The Labute approximate surface area is 134 Å². The van der Waals surface area contributed by atoms with Gasteiger partial charge in [-0.2, -0.15) is 0 Å². The number of amides is 1. The van der Waals surface area contributed by atoms with E-state index in [1.807, 2.05) is 12.1 Å². The summed E-state index contributed by atoms with van der Waals surface area (Å²) < 4.78 is 13.8. The fourth-order valence-electron chi connectivity index (χ4n) is 3.01. The number of fused-ring (bicyclic) bond motifs is 1. The van der Waals surface area contributed by atoms with E-state index >= 15 is 0 Å². The van der Waals surface area contributed by atoms with Crippen LogP contribution in [0.4, 0.5) is 4.39 Å². The molecule has 0 saturated carbocycles. The third kappa shape index (κ3) is 3.14. The Hall–Kier alpha value is -1.87. The van der Waals surface area contributed by atoms with Gasteiger partial charge in [-0.25, -0.2) is 4.39 Å². The fraction of sp³-hybridized carbons (Fsp3) is 0.278. The van der Waals surface area contributed by atoms with Crippen LogP contribution >= 0.6 is 11.6 Å². The summed E-state index contributed by atoms with van der Waals surface area (Å²) in [5.74, 6) is -0.639. The molecule has 4 heteroatoms.